The molecule has 15 heteroatoms. The Morgan fingerprint density at radius 2 is 1.89 bits per heavy atom. The monoisotopic (exact) mass is 715 g/mol. The molecule has 6 rings (SSSR count). The molecule has 3 aromatic heterocycles. The predicted octanol–water partition coefficient (Wildman–Crippen LogP) is 4.51. The van der Waals surface area contributed by atoms with Crippen molar-refractivity contribution in [1.29, 1.82) is 0 Å². The van der Waals surface area contributed by atoms with Crippen LogP contribution in [0.2, 0.25) is 0 Å². The number of amides is 1. The van der Waals surface area contributed by atoms with Crippen molar-refractivity contribution in [2.24, 2.45) is 0 Å². The minimum atomic E-state index is -4.64. The van der Waals surface area contributed by atoms with Crippen LogP contribution < -0.4 is 10.3 Å². The van der Waals surface area contributed by atoms with Crippen molar-refractivity contribution in [2.45, 2.75) is 46.0 Å². The van der Waals surface area contributed by atoms with Crippen LogP contribution in [0.1, 0.15) is 45.5 Å². The Labute approximate surface area is 277 Å². The fourth-order valence-electron chi connectivity index (χ4n) is 5.86. The quantitative estimate of drug-likeness (QED) is 0.275. The summed E-state index contributed by atoms with van der Waals surface area (Å²) < 4.78 is 54.9. The number of hydrogen-bond donors (Lipinski definition) is 0. The number of benzene rings is 1. The van der Waals surface area contributed by atoms with Gasteiger partial charge in [0.15, 0.2) is 0 Å². The first-order valence-electron chi connectivity index (χ1n) is 15.2. The molecule has 47 heavy (non-hydrogen) atoms. The zero-order chi connectivity index (χ0) is 33.5. The van der Waals surface area contributed by atoms with E-state index in [9.17, 15) is 22.8 Å². The highest BCUT2D eigenvalue weighted by molar-refractivity contribution is 9.10. The van der Waals surface area contributed by atoms with Crippen molar-refractivity contribution in [1.82, 2.24) is 34.1 Å². The summed E-state index contributed by atoms with van der Waals surface area (Å²) in [5.74, 6) is 0.0262. The highest BCUT2D eigenvalue weighted by Gasteiger charge is 2.36. The molecule has 1 amide bonds. The first-order chi connectivity index (χ1) is 22.4. The minimum Gasteiger partial charge on any atom is -0.476 e. The molecular formula is C32H33BrF3N7O4. The molecule has 0 unspecified atom stereocenters. The maximum absolute atomic E-state index is 14.2. The van der Waals surface area contributed by atoms with E-state index in [1.165, 1.54) is 21.6 Å². The number of alkyl halides is 3. The number of hydrogen-bond acceptors (Lipinski definition) is 8. The summed E-state index contributed by atoms with van der Waals surface area (Å²) in [4.78, 5) is 40.8. The summed E-state index contributed by atoms with van der Waals surface area (Å²) in [6.45, 7) is 9.66. The van der Waals surface area contributed by atoms with Gasteiger partial charge in [0.05, 0.1) is 48.6 Å². The van der Waals surface area contributed by atoms with Crippen molar-refractivity contribution < 1.29 is 27.4 Å². The van der Waals surface area contributed by atoms with Gasteiger partial charge in [-0.1, -0.05) is 15.9 Å². The molecule has 5 heterocycles. The summed E-state index contributed by atoms with van der Waals surface area (Å²) in [7, 11) is 0. The van der Waals surface area contributed by atoms with Crippen molar-refractivity contribution in [3.63, 3.8) is 0 Å². The Bertz CT molecular complexity index is 1850. The molecule has 2 aliphatic rings. The average Bonchev–Trinajstić information content (AvgIpc) is 3.38. The summed E-state index contributed by atoms with van der Waals surface area (Å²) >= 11 is 2.93. The molecule has 0 radical (unpaired) electrons. The summed E-state index contributed by atoms with van der Waals surface area (Å²) in [5, 5.41) is 4.56. The van der Waals surface area contributed by atoms with E-state index < -0.39 is 23.7 Å². The van der Waals surface area contributed by atoms with Crippen molar-refractivity contribution >= 4 is 21.8 Å². The lowest BCUT2D eigenvalue weighted by molar-refractivity contribution is -0.138. The number of carbonyl (C=O) groups excluding carboxylic acids is 1. The molecule has 11 nitrogen and oxygen atoms in total. The third-order valence-electron chi connectivity index (χ3n) is 8.31. The fourth-order valence-corrected chi connectivity index (χ4v) is 6.33. The third-order valence-corrected chi connectivity index (χ3v) is 9.01. The first kappa shape index (κ1) is 32.8. The molecule has 2 aliphatic heterocycles. The minimum absolute atomic E-state index is 0.0662. The first-order valence-corrected chi connectivity index (χ1v) is 16.0. The molecular weight excluding hydrogens is 683 g/mol. The molecule has 0 N–H and O–H groups in total. The van der Waals surface area contributed by atoms with Crippen LogP contribution in [0.25, 0.3) is 11.6 Å². The van der Waals surface area contributed by atoms with E-state index >= 15 is 0 Å². The number of nitrogens with zero attached hydrogens (tertiary/aromatic N) is 7. The van der Waals surface area contributed by atoms with Crippen LogP contribution in [0.3, 0.4) is 0 Å². The van der Waals surface area contributed by atoms with E-state index in [2.05, 4.69) is 30.9 Å². The number of halogens is 4. The fraction of sp³-hybridized carbons (Fsp3) is 0.406. The predicted molar refractivity (Wildman–Crippen MR) is 169 cm³/mol. The number of fused-ring (bicyclic) bond motifs is 1. The van der Waals surface area contributed by atoms with Crippen molar-refractivity contribution in [3.05, 3.63) is 91.2 Å². The Kier molecular flexibility index (Phi) is 9.23. The van der Waals surface area contributed by atoms with Gasteiger partial charge in [-0.3, -0.25) is 14.5 Å². The van der Waals surface area contributed by atoms with Gasteiger partial charge in [0, 0.05) is 53.0 Å². The Balaban J connectivity index is 1.33. The average molecular weight is 717 g/mol. The smallest absolute Gasteiger partial charge is 0.417 e. The van der Waals surface area contributed by atoms with Crippen LogP contribution in [0.15, 0.2) is 51.9 Å². The molecule has 248 valence electrons. The highest BCUT2D eigenvalue weighted by atomic mass is 79.9. The number of morpholine rings is 1. The zero-order valence-electron chi connectivity index (χ0n) is 26.1. The number of rotatable bonds is 7. The van der Waals surface area contributed by atoms with Gasteiger partial charge >= 0.3 is 6.18 Å². The summed E-state index contributed by atoms with van der Waals surface area (Å²) in [5.41, 5.74) is 1.25. The standard InChI is InChI=1S/C32H33BrF3N7O4/c1-19-14-21(3)43(39-19)31-38-27-18-41(29(44)22-4-6-26(33)25(16-22)32(34,35)36)20(2)15-24(27)30(45)42(31)23-5-7-28(37-17-23)47-13-10-40-8-11-46-12-9-40/h4-7,14,16-17,20H,8-13,15,18H2,1-3H3/t20-/m1/s1. The Morgan fingerprint density at radius 1 is 1.13 bits per heavy atom. The van der Waals surface area contributed by atoms with Gasteiger partial charge in [0.25, 0.3) is 11.5 Å². The lowest BCUT2D eigenvalue weighted by Gasteiger charge is -2.34. The van der Waals surface area contributed by atoms with Gasteiger partial charge in [0.1, 0.15) is 6.61 Å². The Morgan fingerprint density at radius 3 is 2.55 bits per heavy atom. The molecule has 1 fully saturated rings. The Hall–Kier alpha value is -4.08. The molecule has 1 aromatic carbocycles. The largest absolute Gasteiger partial charge is 0.476 e. The molecule has 0 saturated carbocycles. The molecule has 1 saturated heterocycles. The maximum Gasteiger partial charge on any atom is 0.417 e. The SMILES string of the molecule is Cc1cc(C)n(-c2nc3c(c(=O)n2-c2ccc(OCCN4CCOCC4)nc2)C[C@@H](C)N(C(=O)c2ccc(Br)c(C(F)(F)F)c2)C3)n1. The van der Waals surface area contributed by atoms with Crippen molar-refractivity contribution in [3.8, 4) is 17.5 Å². The molecule has 1 atom stereocenters. The summed E-state index contributed by atoms with van der Waals surface area (Å²) in [6, 6.07) is 8.19. The van der Waals surface area contributed by atoms with Crippen LogP contribution in [0.5, 0.6) is 5.88 Å². The maximum atomic E-state index is 14.2. The van der Waals surface area contributed by atoms with Crippen LogP contribution in [0, 0.1) is 13.8 Å². The van der Waals surface area contributed by atoms with Gasteiger partial charge in [-0.2, -0.15) is 18.3 Å². The lowest BCUT2D eigenvalue weighted by Crippen LogP contribution is -2.46. The molecule has 0 aliphatic carbocycles. The number of aromatic nitrogens is 5. The summed E-state index contributed by atoms with van der Waals surface area (Å²) in [6.07, 6.45) is -2.94. The van der Waals surface area contributed by atoms with E-state index in [-0.39, 0.29) is 34.5 Å². The number of ether oxygens (including phenoxy) is 2. The second-order valence-corrected chi connectivity index (χ2v) is 12.5. The van der Waals surface area contributed by atoms with Gasteiger partial charge in [-0.25, -0.2) is 19.2 Å². The van der Waals surface area contributed by atoms with Crippen LogP contribution >= 0.6 is 15.9 Å². The van der Waals surface area contributed by atoms with Crippen LogP contribution in [-0.2, 0) is 23.9 Å². The van der Waals surface area contributed by atoms with Gasteiger partial charge in [-0.05, 0) is 57.5 Å². The number of carbonyl (C=O) groups is 1. The van der Waals surface area contributed by atoms with Gasteiger partial charge in [0.2, 0.25) is 11.8 Å². The molecule has 0 spiro atoms. The molecule has 4 aromatic rings. The van der Waals surface area contributed by atoms with Crippen molar-refractivity contribution in [2.75, 3.05) is 39.5 Å². The second-order valence-electron chi connectivity index (χ2n) is 11.7. The van der Waals surface area contributed by atoms with Gasteiger partial charge < -0.3 is 14.4 Å². The van der Waals surface area contributed by atoms with E-state index in [0.29, 0.717) is 48.3 Å². The van der Waals surface area contributed by atoms with Crippen LogP contribution in [-0.4, -0.2) is 85.5 Å². The van der Waals surface area contributed by atoms with Gasteiger partial charge in [-0.15, -0.1) is 0 Å². The van der Waals surface area contributed by atoms with E-state index in [1.807, 2.05) is 19.9 Å². The normalized spacial score (nSPS) is 17.1. The van der Waals surface area contributed by atoms with E-state index in [4.69, 9.17) is 14.5 Å². The third kappa shape index (κ3) is 6.83. The zero-order valence-corrected chi connectivity index (χ0v) is 27.6. The molecule has 0 bridgehead atoms. The van der Waals surface area contributed by atoms with Crippen LogP contribution in [0.4, 0.5) is 13.2 Å². The number of pyridine rings is 1. The second kappa shape index (κ2) is 13.2. The van der Waals surface area contributed by atoms with E-state index in [1.54, 1.807) is 29.9 Å². The lowest BCUT2D eigenvalue weighted by atomic mass is 9.98. The highest BCUT2D eigenvalue weighted by Crippen LogP contribution is 2.36. The number of aryl methyl sites for hydroxylation is 2. The van der Waals surface area contributed by atoms with E-state index in [0.717, 1.165) is 31.4 Å². The topological polar surface area (TPSA) is 108 Å².